The van der Waals surface area contributed by atoms with Crippen molar-refractivity contribution in [1.29, 1.82) is 0 Å². The molecular weight excluding hydrogens is 210 g/mol. The van der Waals surface area contributed by atoms with Crippen molar-refractivity contribution in [2.24, 2.45) is 0 Å². The van der Waals surface area contributed by atoms with Crippen LogP contribution in [0.2, 0.25) is 0 Å². The Morgan fingerprint density at radius 3 is 2.47 bits per heavy atom. The summed E-state index contributed by atoms with van der Waals surface area (Å²) < 4.78 is 5.54. The Balaban J connectivity index is 1.78. The Hall–Kier alpha value is -0.860. The maximum Gasteiger partial charge on any atom is 0.0475 e. The zero-order chi connectivity index (χ0) is 11.6. The molecule has 2 fully saturated rings. The Labute approximate surface area is 103 Å². The summed E-state index contributed by atoms with van der Waals surface area (Å²) in [6.07, 6.45) is 5.02. The van der Waals surface area contributed by atoms with Crippen LogP contribution < -0.4 is 5.32 Å². The molecule has 2 aliphatic rings. The van der Waals surface area contributed by atoms with E-state index in [-0.39, 0.29) is 0 Å². The average Bonchev–Trinajstić information content (AvgIpc) is 3.23. The van der Waals surface area contributed by atoms with Gasteiger partial charge >= 0.3 is 0 Å². The van der Waals surface area contributed by atoms with Crippen LogP contribution in [-0.2, 0) is 10.2 Å². The fourth-order valence-corrected chi connectivity index (χ4v) is 2.75. The summed E-state index contributed by atoms with van der Waals surface area (Å²) in [5, 5.41) is 3.71. The molecule has 1 aromatic carbocycles. The first kappa shape index (κ1) is 11.2. The highest BCUT2D eigenvalue weighted by atomic mass is 16.5. The maximum atomic E-state index is 5.54. The number of hydrogen-bond acceptors (Lipinski definition) is 2. The van der Waals surface area contributed by atoms with E-state index < -0.39 is 0 Å². The Kier molecular flexibility index (Phi) is 3.17. The van der Waals surface area contributed by atoms with Gasteiger partial charge in [-0.2, -0.15) is 0 Å². The van der Waals surface area contributed by atoms with Crippen molar-refractivity contribution >= 4 is 0 Å². The van der Waals surface area contributed by atoms with Crippen LogP contribution in [0.4, 0.5) is 0 Å². The molecule has 1 saturated carbocycles. The van der Waals surface area contributed by atoms with Gasteiger partial charge in [-0.05, 0) is 31.2 Å². The molecule has 0 unspecified atom stereocenters. The molecular formula is C15H21NO. The molecule has 1 N–H and O–H groups in total. The SMILES string of the molecule is c1ccc(C2(CNC3CC3)CCOCC2)cc1. The molecule has 3 rings (SSSR count). The normalized spacial score (nSPS) is 23.5. The predicted molar refractivity (Wildman–Crippen MR) is 69.2 cm³/mol. The largest absolute Gasteiger partial charge is 0.381 e. The van der Waals surface area contributed by atoms with E-state index in [1.807, 2.05) is 0 Å². The highest BCUT2D eigenvalue weighted by Gasteiger charge is 2.35. The molecule has 0 atom stereocenters. The van der Waals surface area contributed by atoms with Crippen molar-refractivity contribution in [2.75, 3.05) is 19.8 Å². The molecule has 1 aromatic rings. The van der Waals surface area contributed by atoms with Crippen LogP contribution in [0.3, 0.4) is 0 Å². The molecule has 2 heteroatoms. The van der Waals surface area contributed by atoms with E-state index in [2.05, 4.69) is 35.6 Å². The molecule has 0 radical (unpaired) electrons. The minimum atomic E-state index is 0.308. The number of nitrogens with one attached hydrogen (secondary N) is 1. The van der Waals surface area contributed by atoms with Crippen LogP contribution in [0.5, 0.6) is 0 Å². The van der Waals surface area contributed by atoms with Gasteiger partial charge in [-0.3, -0.25) is 0 Å². The highest BCUT2D eigenvalue weighted by molar-refractivity contribution is 5.26. The van der Waals surface area contributed by atoms with Gasteiger partial charge in [0.1, 0.15) is 0 Å². The minimum absolute atomic E-state index is 0.308. The molecule has 17 heavy (non-hydrogen) atoms. The first-order valence-corrected chi connectivity index (χ1v) is 6.76. The van der Waals surface area contributed by atoms with Gasteiger partial charge in [0.15, 0.2) is 0 Å². The van der Waals surface area contributed by atoms with Crippen molar-refractivity contribution in [3.8, 4) is 0 Å². The van der Waals surface area contributed by atoms with E-state index in [0.29, 0.717) is 5.41 Å². The van der Waals surface area contributed by atoms with Gasteiger partial charge in [0.2, 0.25) is 0 Å². The van der Waals surface area contributed by atoms with Gasteiger partial charge in [-0.15, -0.1) is 0 Å². The van der Waals surface area contributed by atoms with Gasteiger partial charge in [0, 0.05) is 31.2 Å². The molecule has 0 aromatic heterocycles. The molecule has 0 spiro atoms. The first-order chi connectivity index (χ1) is 8.39. The summed E-state index contributed by atoms with van der Waals surface area (Å²) in [4.78, 5) is 0. The topological polar surface area (TPSA) is 21.3 Å². The average molecular weight is 231 g/mol. The summed E-state index contributed by atoms with van der Waals surface area (Å²) >= 11 is 0. The van der Waals surface area contributed by atoms with Crippen LogP contribution in [-0.4, -0.2) is 25.8 Å². The number of ether oxygens (including phenoxy) is 1. The quantitative estimate of drug-likeness (QED) is 0.859. The summed E-state index contributed by atoms with van der Waals surface area (Å²) in [7, 11) is 0. The third-order valence-corrected chi connectivity index (χ3v) is 4.14. The van der Waals surface area contributed by atoms with Gasteiger partial charge in [-0.25, -0.2) is 0 Å². The monoisotopic (exact) mass is 231 g/mol. The Morgan fingerprint density at radius 2 is 1.82 bits per heavy atom. The van der Waals surface area contributed by atoms with E-state index in [1.54, 1.807) is 0 Å². The van der Waals surface area contributed by atoms with Crippen LogP contribution >= 0.6 is 0 Å². The van der Waals surface area contributed by atoms with Gasteiger partial charge in [0.25, 0.3) is 0 Å². The summed E-state index contributed by atoms with van der Waals surface area (Å²) in [6.45, 7) is 2.92. The predicted octanol–water partition coefficient (Wildman–Crippen LogP) is 2.49. The fourth-order valence-electron chi connectivity index (χ4n) is 2.75. The van der Waals surface area contributed by atoms with Crippen LogP contribution in [0, 0.1) is 0 Å². The highest BCUT2D eigenvalue weighted by Crippen LogP contribution is 2.35. The molecule has 1 saturated heterocycles. The van der Waals surface area contributed by atoms with E-state index >= 15 is 0 Å². The maximum absolute atomic E-state index is 5.54. The number of rotatable bonds is 4. The van der Waals surface area contributed by atoms with E-state index in [1.165, 1.54) is 18.4 Å². The third kappa shape index (κ3) is 2.53. The lowest BCUT2D eigenvalue weighted by Gasteiger charge is -2.38. The van der Waals surface area contributed by atoms with Crippen molar-refractivity contribution in [3.63, 3.8) is 0 Å². The second-order valence-electron chi connectivity index (χ2n) is 5.41. The lowest BCUT2D eigenvalue weighted by atomic mass is 9.74. The van der Waals surface area contributed by atoms with E-state index in [0.717, 1.165) is 38.6 Å². The fraction of sp³-hybridized carbons (Fsp3) is 0.600. The van der Waals surface area contributed by atoms with Crippen molar-refractivity contribution < 1.29 is 4.74 Å². The smallest absolute Gasteiger partial charge is 0.0475 e. The van der Waals surface area contributed by atoms with Crippen LogP contribution in [0.1, 0.15) is 31.2 Å². The third-order valence-electron chi connectivity index (χ3n) is 4.14. The summed E-state index contributed by atoms with van der Waals surface area (Å²) in [5.74, 6) is 0. The molecule has 1 heterocycles. The van der Waals surface area contributed by atoms with Gasteiger partial charge < -0.3 is 10.1 Å². The zero-order valence-electron chi connectivity index (χ0n) is 10.3. The van der Waals surface area contributed by atoms with Crippen LogP contribution in [0.15, 0.2) is 30.3 Å². The Bertz CT molecular complexity index is 352. The van der Waals surface area contributed by atoms with E-state index in [4.69, 9.17) is 4.74 Å². The number of benzene rings is 1. The van der Waals surface area contributed by atoms with Crippen molar-refractivity contribution in [1.82, 2.24) is 5.32 Å². The first-order valence-electron chi connectivity index (χ1n) is 6.76. The van der Waals surface area contributed by atoms with Crippen LogP contribution in [0.25, 0.3) is 0 Å². The molecule has 1 aliphatic carbocycles. The van der Waals surface area contributed by atoms with Crippen molar-refractivity contribution in [3.05, 3.63) is 35.9 Å². The zero-order valence-corrected chi connectivity index (χ0v) is 10.3. The van der Waals surface area contributed by atoms with Gasteiger partial charge in [-0.1, -0.05) is 30.3 Å². The number of hydrogen-bond donors (Lipinski definition) is 1. The molecule has 92 valence electrons. The molecule has 0 bridgehead atoms. The second-order valence-corrected chi connectivity index (χ2v) is 5.41. The van der Waals surface area contributed by atoms with E-state index in [9.17, 15) is 0 Å². The molecule has 1 aliphatic heterocycles. The lowest BCUT2D eigenvalue weighted by molar-refractivity contribution is 0.0497. The Morgan fingerprint density at radius 1 is 1.12 bits per heavy atom. The van der Waals surface area contributed by atoms with Crippen molar-refractivity contribution in [2.45, 2.75) is 37.1 Å². The lowest BCUT2D eigenvalue weighted by Crippen LogP contribution is -2.43. The standard InChI is InChI=1S/C15H21NO/c1-2-4-13(5-3-1)15(8-10-17-11-9-15)12-16-14-6-7-14/h1-5,14,16H,6-12H2. The summed E-state index contributed by atoms with van der Waals surface area (Å²) in [5.41, 5.74) is 1.79. The second kappa shape index (κ2) is 4.79. The van der Waals surface area contributed by atoms with Gasteiger partial charge in [0.05, 0.1) is 0 Å². The minimum Gasteiger partial charge on any atom is -0.381 e. The molecule has 0 amide bonds. The summed E-state index contributed by atoms with van der Waals surface area (Å²) in [6, 6.07) is 11.8. The molecule has 2 nitrogen and oxygen atoms in total.